The minimum absolute atomic E-state index is 0.0347. The Balaban J connectivity index is 2.42. The zero-order valence-corrected chi connectivity index (χ0v) is 8.53. The molecule has 1 saturated carbocycles. The van der Waals surface area contributed by atoms with Gasteiger partial charge in [0.05, 0.1) is 11.7 Å². The van der Waals surface area contributed by atoms with Crippen molar-refractivity contribution in [3.8, 4) is 0 Å². The van der Waals surface area contributed by atoms with Crippen molar-refractivity contribution in [2.45, 2.75) is 50.2 Å². The van der Waals surface area contributed by atoms with E-state index in [1.165, 1.54) is 0 Å². The van der Waals surface area contributed by atoms with Crippen LogP contribution in [0.5, 0.6) is 0 Å². The Morgan fingerprint density at radius 2 is 2.36 bits per heavy atom. The van der Waals surface area contributed by atoms with Gasteiger partial charge in [0.1, 0.15) is 0 Å². The second-order valence-electron chi connectivity index (χ2n) is 4.07. The number of carbonyl (C=O) groups is 1. The number of ether oxygens (including phenoxy) is 1. The van der Waals surface area contributed by atoms with Gasteiger partial charge in [0.15, 0.2) is 0 Å². The van der Waals surface area contributed by atoms with Crippen LogP contribution in [0, 0.1) is 0 Å². The summed E-state index contributed by atoms with van der Waals surface area (Å²) >= 11 is 0. The summed E-state index contributed by atoms with van der Waals surface area (Å²) in [6, 6.07) is 0. The molecule has 0 amide bonds. The van der Waals surface area contributed by atoms with E-state index in [4.69, 9.17) is 9.84 Å². The number of carboxylic acids is 1. The topological polar surface area (TPSA) is 66.8 Å². The van der Waals surface area contributed by atoms with E-state index in [1.54, 1.807) is 7.11 Å². The molecule has 4 nitrogen and oxygen atoms in total. The molecule has 0 aromatic rings. The van der Waals surface area contributed by atoms with Crippen LogP contribution in [-0.2, 0) is 9.53 Å². The smallest absolute Gasteiger partial charge is 0.303 e. The van der Waals surface area contributed by atoms with Gasteiger partial charge < -0.3 is 14.9 Å². The summed E-state index contributed by atoms with van der Waals surface area (Å²) in [5.74, 6) is -0.849. The molecule has 0 spiro atoms. The highest BCUT2D eigenvalue weighted by Gasteiger charge is 2.34. The molecule has 0 saturated heterocycles. The third kappa shape index (κ3) is 3.27. The Morgan fingerprint density at radius 1 is 1.64 bits per heavy atom. The van der Waals surface area contributed by atoms with Crippen LogP contribution < -0.4 is 0 Å². The van der Waals surface area contributed by atoms with Crippen molar-refractivity contribution in [2.75, 3.05) is 7.11 Å². The number of aliphatic carboxylic acids is 1. The van der Waals surface area contributed by atoms with Gasteiger partial charge in [-0.25, -0.2) is 0 Å². The van der Waals surface area contributed by atoms with Crippen molar-refractivity contribution in [2.24, 2.45) is 0 Å². The van der Waals surface area contributed by atoms with E-state index in [9.17, 15) is 9.90 Å². The van der Waals surface area contributed by atoms with Crippen molar-refractivity contribution < 1.29 is 19.7 Å². The largest absolute Gasteiger partial charge is 0.481 e. The zero-order valence-electron chi connectivity index (χ0n) is 8.53. The second kappa shape index (κ2) is 4.75. The van der Waals surface area contributed by atoms with Gasteiger partial charge in [0.2, 0.25) is 0 Å². The SMILES string of the molecule is COC1CCCC(O)(CCC(=O)O)C1. The summed E-state index contributed by atoms with van der Waals surface area (Å²) in [4.78, 5) is 10.4. The minimum atomic E-state index is -0.849. The van der Waals surface area contributed by atoms with Crippen LogP contribution in [0.15, 0.2) is 0 Å². The minimum Gasteiger partial charge on any atom is -0.481 e. The molecule has 1 rings (SSSR count). The molecule has 0 aliphatic heterocycles. The summed E-state index contributed by atoms with van der Waals surface area (Å²) in [6.45, 7) is 0. The van der Waals surface area contributed by atoms with Gasteiger partial charge in [-0.15, -0.1) is 0 Å². The summed E-state index contributed by atoms with van der Waals surface area (Å²) in [6.07, 6.45) is 3.59. The normalized spacial score (nSPS) is 32.9. The first-order valence-electron chi connectivity index (χ1n) is 5.03. The molecule has 0 aromatic carbocycles. The second-order valence-corrected chi connectivity index (χ2v) is 4.07. The molecule has 2 N–H and O–H groups in total. The van der Waals surface area contributed by atoms with E-state index in [2.05, 4.69) is 0 Å². The van der Waals surface area contributed by atoms with Crippen molar-refractivity contribution in [3.05, 3.63) is 0 Å². The summed E-state index contributed by atoms with van der Waals surface area (Å²) in [5, 5.41) is 18.6. The van der Waals surface area contributed by atoms with Crippen molar-refractivity contribution >= 4 is 5.97 Å². The molecule has 2 atom stereocenters. The lowest BCUT2D eigenvalue weighted by Gasteiger charge is -2.35. The van der Waals surface area contributed by atoms with Crippen molar-refractivity contribution in [1.82, 2.24) is 0 Å². The molecule has 0 bridgehead atoms. The Hall–Kier alpha value is -0.610. The average Bonchev–Trinajstić information content (AvgIpc) is 2.15. The third-order valence-electron chi connectivity index (χ3n) is 2.91. The van der Waals surface area contributed by atoms with Crippen molar-refractivity contribution in [1.29, 1.82) is 0 Å². The van der Waals surface area contributed by atoms with E-state index in [0.717, 1.165) is 12.8 Å². The number of rotatable bonds is 4. The van der Waals surface area contributed by atoms with Crippen LogP contribution in [-0.4, -0.2) is 35.0 Å². The lowest BCUT2D eigenvalue weighted by molar-refractivity contribution is -0.139. The first-order valence-corrected chi connectivity index (χ1v) is 5.03. The van der Waals surface area contributed by atoms with E-state index in [1.807, 2.05) is 0 Å². The van der Waals surface area contributed by atoms with E-state index in [0.29, 0.717) is 19.3 Å². The van der Waals surface area contributed by atoms with Crippen LogP contribution in [0.1, 0.15) is 38.5 Å². The fourth-order valence-corrected chi connectivity index (χ4v) is 2.05. The van der Waals surface area contributed by atoms with Gasteiger partial charge in [-0.2, -0.15) is 0 Å². The molecular formula is C10H18O4. The maximum absolute atomic E-state index is 10.4. The number of hydrogen-bond acceptors (Lipinski definition) is 3. The standard InChI is InChI=1S/C10H18O4/c1-14-8-3-2-5-10(13,7-8)6-4-9(11)12/h8,13H,2-7H2,1H3,(H,11,12). The molecule has 1 aliphatic carbocycles. The number of methoxy groups -OCH3 is 1. The Bertz CT molecular complexity index is 204. The molecule has 0 aromatic heterocycles. The van der Waals surface area contributed by atoms with E-state index >= 15 is 0 Å². The molecule has 14 heavy (non-hydrogen) atoms. The van der Waals surface area contributed by atoms with E-state index in [-0.39, 0.29) is 12.5 Å². The van der Waals surface area contributed by atoms with E-state index < -0.39 is 11.6 Å². The average molecular weight is 202 g/mol. The fourth-order valence-electron chi connectivity index (χ4n) is 2.05. The van der Waals surface area contributed by atoms with Crippen LogP contribution in [0.4, 0.5) is 0 Å². The van der Waals surface area contributed by atoms with Gasteiger partial charge in [0, 0.05) is 20.0 Å². The molecule has 0 heterocycles. The molecule has 1 fully saturated rings. The molecule has 1 aliphatic rings. The highest BCUT2D eigenvalue weighted by atomic mass is 16.5. The predicted molar refractivity (Wildman–Crippen MR) is 51.1 cm³/mol. The molecule has 82 valence electrons. The van der Waals surface area contributed by atoms with Crippen LogP contribution in [0.3, 0.4) is 0 Å². The van der Waals surface area contributed by atoms with Crippen molar-refractivity contribution in [3.63, 3.8) is 0 Å². The Labute approximate surface area is 83.9 Å². The lowest BCUT2D eigenvalue weighted by Crippen LogP contribution is -2.38. The number of carboxylic acid groups (broad SMARTS) is 1. The first kappa shape index (κ1) is 11.5. The Morgan fingerprint density at radius 3 is 2.93 bits per heavy atom. The predicted octanol–water partition coefficient (Wildman–Crippen LogP) is 1.17. The summed E-state index contributed by atoms with van der Waals surface area (Å²) < 4.78 is 5.19. The van der Waals surface area contributed by atoms with Crippen LogP contribution >= 0.6 is 0 Å². The lowest BCUT2D eigenvalue weighted by atomic mass is 9.80. The summed E-state index contributed by atoms with van der Waals surface area (Å²) in [5.41, 5.74) is -0.822. The molecule has 4 heteroatoms. The zero-order chi connectivity index (χ0) is 10.6. The van der Waals surface area contributed by atoms with Gasteiger partial charge in [0.25, 0.3) is 0 Å². The van der Waals surface area contributed by atoms with Crippen LogP contribution in [0.2, 0.25) is 0 Å². The monoisotopic (exact) mass is 202 g/mol. The Kier molecular flexibility index (Phi) is 3.89. The highest BCUT2D eigenvalue weighted by Crippen LogP contribution is 2.33. The molecule has 0 radical (unpaired) electrons. The van der Waals surface area contributed by atoms with Gasteiger partial charge in [-0.3, -0.25) is 4.79 Å². The van der Waals surface area contributed by atoms with Gasteiger partial charge in [-0.05, 0) is 25.7 Å². The number of aliphatic hydroxyl groups is 1. The van der Waals surface area contributed by atoms with Gasteiger partial charge >= 0.3 is 5.97 Å². The molecular weight excluding hydrogens is 184 g/mol. The quantitative estimate of drug-likeness (QED) is 0.718. The third-order valence-corrected chi connectivity index (χ3v) is 2.91. The van der Waals surface area contributed by atoms with Crippen LogP contribution in [0.25, 0.3) is 0 Å². The fraction of sp³-hybridized carbons (Fsp3) is 0.900. The van der Waals surface area contributed by atoms with Gasteiger partial charge in [-0.1, -0.05) is 0 Å². The highest BCUT2D eigenvalue weighted by molar-refractivity contribution is 5.66. The first-order chi connectivity index (χ1) is 6.56. The summed E-state index contributed by atoms with van der Waals surface area (Å²) in [7, 11) is 1.63. The maximum atomic E-state index is 10.4. The maximum Gasteiger partial charge on any atom is 0.303 e. The number of hydrogen-bond donors (Lipinski definition) is 2. The molecule has 2 unspecified atom stereocenters.